The van der Waals surface area contributed by atoms with Crippen LogP contribution in [0, 0.1) is 0 Å². The van der Waals surface area contributed by atoms with Gasteiger partial charge < -0.3 is 20.6 Å². The van der Waals surface area contributed by atoms with Crippen molar-refractivity contribution in [3.05, 3.63) is 29.8 Å². The second-order valence-corrected chi connectivity index (χ2v) is 5.11. The zero-order valence-electron chi connectivity index (χ0n) is 11.2. The summed E-state index contributed by atoms with van der Waals surface area (Å²) < 4.78 is 0. The quantitative estimate of drug-likeness (QED) is 0.807. The van der Waals surface area contributed by atoms with Crippen molar-refractivity contribution in [2.75, 3.05) is 33.2 Å². The largest absolute Gasteiger partial charge is 0.508 e. The minimum absolute atomic E-state index is 0.0150. The van der Waals surface area contributed by atoms with E-state index in [2.05, 4.69) is 11.9 Å². The molecule has 1 fully saturated rings. The lowest BCUT2D eigenvalue weighted by Crippen LogP contribution is -2.52. The van der Waals surface area contributed by atoms with Gasteiger partial charge in [0.1, 0.15) is 5.75 Å². The number of piperazine rings is 1. The predicted molar refractivity (Wildman–Crippen MR) is 73.9 cm³/mol. The van der Waals surface area contributed by atoms with Crippen molar-refractivity contribution in [1.29, 1.82) is 0 Å². The van der Waals surface area contributed by atoms with Gasteiger partial charge >= 0.3 is 0 Å². The number of carbonyl (C=O) groups is 1. The maximum atomic E-state index is 12.2. The summed E-state index contributed by atoms with van der Waals surface area (Å²) in [4.78, 5) is 16.3. The smallest absolute Gasteiger partial charge is 0.239 e. The fourth-order valence-corrected chi connectivity index (χ4v) is 2.23. The number of aromatic hydroxyl groups is 1. The van der Waals surface area contributed by atoms with Crippen LogP contribution in [-0.4, -0.2) is 60.1 Å². The van der Waals surface area contributed by atoms with Gasteiger partial charge in [-0.25, -0.2) is 0 Å². The molecular weight excluding hydrogens is 242 g/mol. The molecule has 0 spiro atoms. The van der Waals surface area contributed by atoms with Crippen LogP contribution in [0.15, 0.2) is 24.3 Å². The molecule has 1 atom stereocenters. The third-order valence-electron chi connectivity index (χ3n) is 3.52. The van der Waals surface area contributed by atoms with Crippen molar-refractivity contribution in [2.45, 2.75) is 12.5 Å². The first kappa shape index (κ1) is 13.8. The first-order chi connectivity index (χ1) is 9.06. The van der Waals surface area contributed by atoms with Gasteiger partial charge in [0, 0.05) is 26.2 Å². The average molecular weight is 263 g/mol. The van der Waals surface area contributed by atoms with Crippen LogP contribution < -0.4 is 5.73 Å². The van der Waals surface area contributed by atoms with Gasteiger partial charge in [-0.15, -0.1) is 0 Å². The molecule has 1 aliphatic rings. The molecule has 2 rings (SSSR count). The highest BCUT2D eigenvalue weighted by atomic mass is 16.3. The molecule has 0 aromatic heterocycles. The van der Waals surface area contributed by atoms with E-state index in [0.29, 0.717) is 6.42 Å². The monoisotopic (exact) mass is 263 g/mol. The molecule has 1 aromatic carbocycles. The molecule has 104 valence electrons. The number of amides is 1. The molecule has 5 heteroatoms. The number of rotatable bonds is 3. The van der Waals surface area contributed by atoms with Gasteiger partial charge in [0.25, 0.3) is 0 Å². The highest BCUT2D eigenvalue weighted by Gasteiger charge is 2.24. The molecule has 0 unspecified atom stereocenters. The summed E-state index contributed by atoms with van der Waals surface area (Å²) >= 11 is 0. The molecule has 19 heavy (non-hydrogen) atoms. The van der Waals surface area contributed by atoms with Crippen LogP contribution in [0.1, 0.15) is 5.56 Å². The average Bonchev–Trinajstić information content (AvgIpc) is 2.41. The Morgan fingerprint density at radius 3 is 2.42 bits per heavy atom. The molecule has 5 nitrogen and oxygen atoms in total. The van der Waals surface area contributed by atoms with Gasteiger partial charge in [-0.3, -0.25) is 4.79 Å². The molecule has 1 saturated heterocycles. The summed E-state index contributed by atoms with van der Waals surface area (Å²) in [6.45, 7) is 3.30. The summed E-state index contributed by atoms with van der Waals surface area (Å²) in [6, 6.07) is 6.32. The number of hydrogen-bond donors (Lipinski definition) is 2. The Balaban J connectivity index is 1.90. The van der Waals surface area contributed by atoms with E-state index in [4.69, 9.17) is 5.73 Å². The van der Waals surface area contributed by atoms with Gasteiger partial charge in [0.2, 0.25) is 5.91 Å². The van der Waals surface area contributed by atoms with E-state index >= 15 is 0 Å². The number of carbonyl (C=O) groups excluding carboxylic acids is 1. The number of nitrogens with two attached hydrogens (primary N) is 1. The topological polar surface area (TPSA) is 69.8 Å². The normalized spacial score (nSPS) is 18.3. The van der Waals surface area contributed by atoms with Gasteiger partial charge in [0.15, 0.2) is 0 Å². The van der Waals surface area contributed by atoms with E-state index in [1.54, 1.807) is 24.3 Å². The highest BCUT2D eigenvalue weighted by molar-refractivity contribution is 5.82. The molecule has 0 bridgehead atoms. The Kier molecular flexibility index (Phi) is 4.39. The molecule has 0 radical (unpaired) electrons. The van der Waals surface area contributed by atoms with Crippen LogP contribution in [0.4, 0.5) is 0 Å². The second-order valence-electron chi connectivity index (χ2n) is 5.11. The first-order valence-electron chi connectivity index (χ1n) is 6.57. The summed E-state index contributed by atoms with van der Waals surface area (Å²) in [5.74, 6) is 0.240. The van der Waals surface area contributed by atoms with Crippen molar-refractivity contribution in [3.8, 4) is 5.75 Å². The van der Waals surface area contributed by atoms with E-state index in [1.165, 1.54) is 0 Å². The van der Waals surface area contributed by atoms with E-state index in [-0.39, 0.29) is 11.7 Å². The summed E-state index contributed by atoms with van der Waals surface area (Å²) in [5, 5.41) is 9.22. The number of benzene rings is 1. The van der Waals surface area contributed by atoms with Crippen molar-refractivity contribution in [3.63, 3.8) is 0 Å². The zero-order valence-corrected chi connectivity index (χ0v) is 11.2. The van der Waals surface area contributed by atoms with Gasteiger partial charge in [-0.2, -0.15) is 0 Å². The van der Waals surface area contributed by atoms with E-state index in [0.717, 1.165) is 31.7 Å². The lowest BCUT2D eigenvalue weighted by Gasteiger charge is -2.33. The van der Waals surface area contributed by atoms with Crippen molar-refractivity contribution in [2.24, 2.45) is 5.73 Å². The Bertz CT molecular complexity index is 425. The third-order valence-corrected chi connectivity index (χ3v) is 3.52. The molecule has 3 N–H and O–H groups in total. The first-order valence-corrected chi connectivity index (χ1v) is 6.57. The lowest BCUT2D eigenvalue weighted by atomic mass is 10.1. The van der Waals surface area contributed by atoms with Gasteiger partial charge in [0.05, 0.1) is 6.04 Å². The lowest BCUT2D eigenvalue weighted by molar-refractivity contribution is -0.134. The minimum atomic E-state index is -0.507. The molecule has 0 aliphatic carbocycles. The van der Waals surface area contributed by atoms with Crippen LogP contribution in [0.25, 0.3) is 0 Å². The van der Waals surface area contributed by atoms with E-state index in [9.17, 15) is 9.90 Å². The Hall–Kier alpha value is -1.59. The minimum Gasteiger partial charge on any atom is -0.508 e. The zero-order chi connectivity index (χ0) is 13.8. The Morgan fingerprint density at radius 1 is 1.26 bits per heavy atom. The predicted octanol–water partition coefficient (Wildman–Crippen LogP) is 0.0360. The molecule has 1 aliphatic heterocycles. The SMILES string of the molecule is CN1CCN(C(=O)[C@@H](N)Cc2ccc(O)cc2)CC1. The van der Waals surface area contributed by atoms with Crippen LogP contribution in [0.2, 0.25) is 0 Å². The number of hydrogen-bond acceptors (Lipinski definition) is 4. The maximum absolute atomic E-state index is 12.2. The second kappa shape index (κ2) is 6.04. The number of nitrogens with zero attached hydrogens (tertiary/aromatic N) is 2. The maximum Gasteiger partial charge on any atom is 0.239 e. The van der Waals surface area contributed by atoms with Gasteiger partial charge in [-0.05, 0) is 31.2 Å². The number of phenols is 1. The number of phenolic OH excluding ortho intramolecular Hbond substituents is 1. The standard InChI is InChI=1S/C14H21N3O2/c1-16-6-8-17(9-7-16)14(19)13(15)10-11-2-4-12(18)5-3-11/h2-5,13,18H,6-10,15H2,1H3/t13-/m0/s1. The molecule has 1 aromatic rings. The molecule has 0 saturated carbocycles. The van der Waals surface area contributed by atoms with Crippen molar-refractivity contribution in [1.82, 2.24) is 9.80 Å². The highest BCUT2D eigenvalue weighted by Crippen LogP contribution is 2.12. The van der Waals surface area contributed by atoms with Crippen LogP contribution >= 0.6 is 0 Å². The molecule has 1 amide bonds. The Morgan fingerprint density at radius 2 is 1.84 bits per heavy atom. The van der Waals surface area contributed by atoms with Crippen molar-refractivity contribution >= 4 is 5.91 Å². The Labute approximate surface area is 113 Å². The van der Waals surface area contributed by atoms with Gasteiger partial charge in [-0.1, -0.05) is 12.1 Å². The summed E-state index contributed by atoms with van der Waals surface area (Å²) in [5.41, 5.74) is 6.95. The fraction of sp³-hybridized carbons (Fsp3) is 0.500. The fourth-order valence-electron chi connectivity index (χ4n) is 2.23. The van der Waals surface area contributed by atoms with Crippen molar-refractivity contribution < 1.29 is 9.90 Å². The van der Waals surface area contributed by atoms with E-state index in [1.807, 2.05) is 4.90 Å². The number of likely N-dealkylation sites (N-methyl/N-ethyl adjacent to an activating group) is 1. The molecule has 1 heterocycles. The van der Waals surface area contributed by atoms with E-state index < -0.39 is 6.04 Å². The summed E-state index contributed by atoms with van der Waals surface area (Å²) in [6.07, 6.45) is 0.505. The van der Waals surface area contributed by atoms with Crippen LogP contribution in [0.5, 0.6) is 5.75 Å². The molecular formula is C14H21N3O2. The van der Waals surface area contributed by atoms with Crippen LogP contribution in [0.3, 0.4) is 0 Å². The van der Waals surface area contributed by atoms with Crippen LogP contribution in [-0.2, 0) is 11.2 Å². The third kappa shape index (κ3) is 3.68. The summed E-state index contributed by atoms with van der Waals surface area (Å²) in [7, 11) is 2.05.